The minimum atomic E-state index is 0.0155. The monoisotopic (exact) mass is 250 g/mol. The number of nitrogens with zero attached hydrogens (tertiary/aromatic N) is 2. The predicted molar refractivity (Wildman–Crippen MR) is 72.3 cm³/mol. The summed E-state index contributed by atoms with van der Waals surface area (Å²) in [4.78, 5) is 16.6. The summed E-state index contributed by atoms with van der Waals surface area (Å²) in [5.41, 5.74) is 0.0155. The largest absolute Gasteiger partial charge is 0.344 e. The summed E-state index contributed by atoms with van der Waals surface area (Å²) in [6.07, 6.45) is 9.44. The highest BCUT2D eigenvalue weighted by Crippen LogP contribution is 2.40. The zero-order chi connectivity index (χ0) is 12.6. The highest BCUT2D eigenvalue weighted by Gasteiger charge is 2.52. The van der Waals surface area contributed by atoms with E-state index < -0.39 is 0 Å². The molecule has 3 aliphatic rings. The van der Waals surface area contributed by atoms with Gasteiger partial charge in [0.1, 0.15) is 0 Å². The maximum absolute atomic E-state index is 12.1. The Morgan fingerprint density at radius 1 is 1.17 bits per heavy atom. The molecule has 18 heavy (non-hydrogen) atoms. The average molecular weight is 250 g/mol. The number of rotatable bonds is 2. The lowest BCUT2D eigenvalue weighted by atomic mass is 9.72. The lowest BCUT2D eigenvalue weighted by molar-refractivity contribution is -0.163. The maximum atomic E-state index is 12.1. The van der Waals surface area contributed by atoms with E-state index in [-0.39, 0.29) is 5.41 Å². The van der Waals surface area contributed by atoms with E-state index >= 15 is 0 Å². The molecule has 0 aromatic heterocycles. The third kappa shape index (κ3) is 2.18. The van der Waals surface area contributed by atoms with Gasteiger partial charge in [-0.1, -0.05) is 19.3 Å². The predicted octanol–water partition coefficient (Wildman–Crippen LogP) is 2.12. The molecule has 0 bridgehead atoms. The van der Waals surface area contributed by atoms with Gasteiger partial charge in [-0.2, -0.15) is 0 Å². The molecule has 3 rings (SSSR count). The van der Waals surface area contributed by atoms with Crippen LogP contribution in [-0.4, -0.2) is 48.9 Å². The lowest BCUT2D eigenvalue weighted by Gasteiger charge is -2.52. The molecule has 2 aliphatic heterocycles. The van der Waals surface area contributed by atoms with Crippen LogP contribution in [0.5, 0.6) is 0 Å². The number of hydrogen-bond acceptors (Lipinski definition) is 2. The Balaban J connectivity index is 1.56. The highest BCUT2D eigenvalue weighted by atomic mass is 16.2. The van der Waals surface area contributed by atoms with Crippen LogP contribution in [0.3, 0.4) is 0 Å². The molecule has 2 saturated heterocycles. The van der Waals surface area contributed by atoms with Gasteiger partial charge in [0.25, 0.3) is 0 Å². The minimum Gasteiger partial charge on any atom is -0.344 e. The summed E-state index contributed by atoms with van der Waals surface area (Å²) < 4.78 is 0. The summed E-state index contributed by atoms with van der Waals surface area (Å²) in [7, 11) is 1.94. The Morgan fingerprint density at radius 2 is 1.94 bits per heavy atom. The minimum absolute atomic E-state index is 0.0155. The van der Waals surface area contributed by atoms with Crippen LogP contribution >= 0.6 is 0 Å². The normalized spacial score (nSPS) is 34.9. The van der Waals surface area contributed by atoms with Crippen molar-refractivity contribution in [2.75, 3.05) is 33.2 Å². The summed E-state index contributed by atoms with van der Waals surface area (Å²) in [6, 6.07) is 0. The van der Waals surface area contributed by atoms with Crippen LogP contribution in [0.15, 0.2) is 0 Å². The molecule has 1 saturated carbocycles. The van der Waals surface area contributed by atoms with E-state index in [1.165, 1.54) is 51.6 Å². The molecule has 1 spiro atoms. The number of carbonyl (C=O) groups excluding carboxylic acids is 1. The first-order chi connectivity index (χ1) is 8.70. The molecule has 0 N–H and O–H groups in total. The molecule has 1 amide bonds. The number of carbonyl (C=O) groups is 1. The summed E-state index contributed by atoms with van der Waals surface area (Å²) in [5.74, 6) is 1.30. The number of likely N-dealkylation sites (tertiary alicyclic amines) is 2. The van der Waals surface area contributed by atoms with Gasteiger partial charge in [-0.25, -0.2) is 0 Å². The summed E-state index contributed by atoms with van der Waals surface area (Å²) in [6.45, 7) is 4.49. The lowest BCUT2D eigenvalue weighted by Crippen LogP contribution is -2.65. The summed E-state index contributed by atoms with van der Waals surface area (Å²) >= 11 is 0. The fraction of sp³-hybridized carbons (Fsp3) is 0.933. The molecule has 0 unspecified atom stereocenters. The second-order valence-electron chi connectivity index (χ2n) is 6.78. The van der Waals surface area contributed by atoms with Crippen molar-refractivity contribution in [3.8, 4) is 0 Å². The Labute approximate surface area is 111 Å². The number of hydrogen-bond donors (Lipinski definition) is 0. The van der Waals surface area contributed by atoms with Crippen molar-refractivity contribution in [1.82, 2.24) is 9.80 Å². The molecular formula is C15H26N2O. The molecule has 2 heterocycles. The van der Waals surface area contributed by atoms with E-state index in [1.807, 2.05) is 11.9 Å². The first-order valence-corrected chi connectivity index (χ1v) is 7.68. The zero-order valence-corrected chi connectivity index (χ0v) is 11.7. The van der Waals surface area contributed by atoms with Crippen LogP contribution in [-0.2, 0) is 4.79 Å². The fourth-order valence-corrected chi connectivity index (χ4v) is 4.33. The molecule has 1 aliphatic carbocycles. The first kappa shape index (κ1) is 12.5. The van der Waals surface area contributed by atoms with Gasteiger partial charge in [0.05, 0.1) is 5.41 Å². The van der Waals surface area contributed by atoms with E-state index in [9.17, 15) is 4.79 Å². The molecular weight excluding hydrogens is 224 g/mol. The number of piperidine rings is 1. The van der Waals surface area contributed by atoms with Gasteiger partial charge in [0, 0.05) is 26.7 Å². The van der Waals surface area contributed by atoms with Crippen molar-refractivity contribution >= 4 is 5.91 Å². The van der Waals surface area contributed by atoms with Gasteiger partial charge in [0.2, 0.25) is 5.91 Å². The third-order valence-corrected chi connectivity index (χ3v) is 5.24. The second-order valence-corrected chi connectivity index (χ2v) is 6.78. The topological polar surface area (TPSA) is 23.6 Å². The van der Waals surface area contributed by atoms with Crippen LogP contribution in [0.2, 0.25) is 0 Å². The second kappa shape index (κ2) is 4.84. The van der Waals surface area contributed by atoms with E-state index in [2.05, 4.69) is 4.90 Å². The fourth-order valence-electron chi connectivity index (χ4n) is 4.33. The van der Waals surface area contributed by atoms with E-state index in [1.54, 1.807) is 0 Å². The van der Waals surface area contributed by atoms with E-state index in [0.29, 0.717) is 5.91 Å². The molecule has 1 atom stereocenters. The Kier molecular flexibility index (Phi) is 3.35. The molecule has 0 aromatic carbocycles. The van der Waals surface area contributed by atoms with Crippen LogP contribution in [0.25, 0.3) is 0 Å². The zero-order valence-electron chi connectivity index (χ0n) is 11.7. The first-order valence-electron chi connectivity index (χ1n) is 7.68. The Bertz CT molecular complexity index is 320. The molecule has 3 fully saturated rings. The maximum Gasteiger partial charge on any atom is 0.231 e. The van der Waals surface area contributed by atoms with Crippen molar-refractivity contribution < 1.29 is 4.79 Å². The van der Waals surface area contributed by atoms with Crippen LogP contribution in [0.4, 0.5) is 0 Å². The highest BCUT2D eigenvalue weighted by molar-refractivity contribution is 5.88. The van der Waals surface area contributed by atoms with Crippen LogP contribution in [0.1, 0.15) is 44.9 Å². The number of amides is 1. The number of β-lactam (4-membered cyclic amide) rings is 1. The molecule has 102 valence electrons. The van der Waals surface area contributed by atoms with Crippen molar-refractivity contribution in [3.05, 3.63) is 0 Å². The van der Waals surface area contributed by atoms with Gasteiger partial charge in [0.15, 0.2) is 0 Å². The Morgan fingerprint density at radius 3 is 2.61 bits per heavy atom. The molecule has 3 heteroatoms. The SMILES string of the molecule is CN1C[C@@]2(CCCN(CC3CCCCC3)C2)C1=O. The third-order valence-electron chi connectivity index (χ3n) is 5.24. The van der Waals surface area contributed by atoms with Crippen molar-refractivity contribution in [2.24, 2.45) is 11.3 Å². The molecule has 3 nitrogen and oxygen atoms in total. The average Bonchev–Trinajstić information content (AvgIpc) is 2.40. The van der Waals surface area contributed by atoms with Gasteiger partial charge in [-0.15, -0.1) is 0 Å². The van der Waals surface area contributed by atoms with Crippen LogP contribution < -0.4 is 0 Å². The standard InChI is InChI=1S/C15H26N2O/c1-16-11-15(14(16)18)8-5-9-17(12-15)10-13-6-3-2-4-7-13/h13H,2-12H2,1H3/t15-/m1/s1. The van der Waals surface area contributed by atoms with Crippen molar-refractivity contribution in [1.29, 1.82) is 0 Å². The quantitative estimate of drug-likeness (QED) is 0.701. The smallest absolute Gasteiger partial charge is 0.231 e. The van der Waals surface area contributed by atoms with E-state index in [4.69, 9.17) is 0 Å². The molecule has 0 radical (unpaired) electrons. The summed E-state index contributed by atoms with van der Waals surface area (Å²) in [5, 5.41) is 0. The van der Waals surface area contributed by atoms with Gasteiger partial charge >= 0.3 is 0 Å². The Hall–Kier alpha value is -0.570. The van der Waals surface area contributed by atoms with Crippen LogP contribution in [0, 0.1) is 11.3 Å². The molecule has 0 aromatic rings. The van der Waals surface area contributed by atoms with Gasteiger partial charge in [-0.3, -0.25) is 4.79 Å². The van der Waals surface area contributed by atoms with Gasteiger partial charge < -0.3 is 9.80 Å². The van der Waals surface area contributed by atoms with Gasteiger partial charge in [-0.05, 0) is 38.1 Å². The van der Waals surface area contributed by atoms with E-state index in [0.717, 1.165) is 25.4 Å². The van der Waals surface area contributed by atoms with Crippen molar-refractivity contribution in [2.45, 2.75) is 44.9 Å². The van der Waals surface area contributed by atoms with Crippen molar-refractivity contribution in [3.63, 3.8) is 0 Å².